The van der Waals surface area contributed by atoms with Crippen LogP contribution >= 0.6 is 22.9 Å². The lowest BCUT2D eigenvalue weighted by Crippen LogP contribution is -2.10. The molecule has 2 aromatic carbocycles. The van der Waals surface area contributed by atoms with Gasteiger partial charge in [-0.2, -0.15) is 0 Å². The highest BCUT2D eigenvalue weighted by molar-refractivity contribution is 7.22. The summed E-state index contributed by atoms with van der Waals surface area (Å²) < 4.78 is 11.5. The Morgan fingerprint density at radius 3 is 2.70 bits per heavy atom. The van der Waals surface area contributed by atoms with E-state index in [1.54, 1.807) is 20.3 Å². The van der Waals surface area contributed by atoms with E-state index in [0.29, 0.717) is 16.6 Å². The van der Waals surface area contributed by atoms with Gasteiger partial charge in [-0.3, -0.25) is 4.79 Å². The first-order valence-electron chi connectivity index (χ1n) is 8.66. The van der Waals surface area contributed by atoms with E-state index in [9.17, 15) is 4.79 Å². The first kappa shape index (κ1) is 19.5. The highest BCUT2D eigenvalue weighted by Crippen LogP contribution is 2.29. The maximum absolute atomic E-state index is 12.1. The van der Waals surface area contributed by atoms with Crippen molar-refractivity contribution >= 4 is 44.2 Å². The van der Waals surface area contributed by atoms with Gasteiger partial charge >= 0.3 is 0 Å². The molecule has 27 heavy (non-hydrogen) atoms. The number of benzene rings is 2. The molecule has 0 saturated carbocycles. The molecule has 3 rings (SSSR count). The van der Waals surface area contributed by atoms with Crippen molar-refractivity contribution in [1.29, 1.82) is 0 Å². The molecule has 1 N–H and O–H groups in total. The van der Waals surface area contributed by atoms with Gasteiger partial charge < -0.3 is 14.8 Å². The minimum atomic E-state index is -0.0209. The lowest BCUT2D eigenvalue weighted by Gasteiger charge is -2.09. The van der Waals surface area contributed by atoms with Gasteiger partial charge in [0.05, 0.1) is 24.4 Å². The molecular weight excluding hydrogens is 384 g/mol. The molecule has 0 radical (unpaired) electrons. The Hall–Kier alpha value is -2.31. The molecule has 1 heterocycles. The number of hydrogen-bond acceptors (Lipinski definition) is 5. The van der Waals surface area contributed by atoms with Crippen LogP contribution in [0.5, 0.6) is 11.5 Å². The molecule has 1 aromatic heterocycles. The van der Waals surface area contributed by atoms with Crippen LogP contribution in [0.15, 0.2) is 36.4 Å². The van der Waals surface area contributed by atoms with Gasteiger partial charge in [-0.1, -0.05) is 29.0 Å². The summed E-state index contributed by atoms with van der Waals surface area (Å²) in [6.45, 7) is 0. The van der Waals surface area contributed by atoms with E-state index in [1.165, 1.54) is 11.3 Å². The molecule has 3 aromatic rings. The monoisotopic (exact) mass is 404 g/mol. The van der Waals surface area contributed by atoms with Gasteiger partial charge in [0.15, 0.2) is 16.6 Å². The number of halogens is 1. The Kier molecular flexibility index (Phi) is 6.53. The minimum Gasteiger partial charge on any atom is -0.493 e. The third-order valence-electron chi connectivity index (χ3n) is 4.16. The van der Waals surface area contributed by atoms with Crippen molar-refractivity contribution < 1.29 is 14.3 Å². The SMILES string of the molecule is COc1ccc(CCCCC(=O)Nc2nc3ccc(Cl)cc3s2)cc1OC. The summed E-state index contributed by atoms with van der Waals surface area (Å²) in [5, 5.41) is 4.15. The Labute approximate surface area is 167 Å². The molecule has 0 saturated heterocycles. The predicted molar refractivity (Wildman–Crippen MR) is 110 cm³/mol. The van der Waals surface area contributed by atoms with Gasteiger partial charge in [-0.25, -0.2) is 4.98 Å². The Bertz CT molecular complexity index is 942. The van der Waals surface area contributed by atoms with Crippen LogP contribution in [0.3, 0.4) is 0 Å². The van der Waals surface area contributed by atoms with E-state index < -0.39 is 0 Å². The number of carbonyl (C=O) groups excluding carboxylic acids is 1. The number of nitrogens with one attached hydrogen (secondary N) is 1. The summed E-state index contributed by atoms with van der Waals surface area (Å²) >= 11 is 7.41. The highest BCUT2D eigenvalue weighted by Gasteiger charge is 2.09. The van der Waals surface area contributed by atoms with Crippen molar-refractivity contribution in [2.75, 3.05) is 19.5 Å². The molecule has 0 aliphatic carbocycles. The van der Waals surface area contributed by atoms with Crippen molar-refractivity contribution in [3.05, 3.63) is 47.0 Å². The third-order valence-corrected chi connectivity index (χ3v) is 5.33. The standard InChI is InChI=1S/C20H21ClN2O3S/c1-25-16-10-7-13(11-17(16)26-2)5-3-4-6-19(24)23-20-22-15-9-8-14(21)12-18(15)27-20/h7-12H,3-6H2,1-2H3,(H,22,23,24). The molecule has 0 aliphatic heterocycles. The molecule has 0 atom stereocenters. The second-order valence-corrected chi connectivity index (χ2v) is 7.54. The second kappa shape index (κ2) is 9.06. The fraction of sp³-hybridized carbons (Fsp3) is 0.300. The number of carbonyl (C=O) groups is 1. The number of ether oxygens (including phenoxy) is 2. The average Bonchev–Trinajstić information content (AvgIpc) is 3.06. The average molecular weight is 405 g/mol. The van der Waals surface area contributed by atoms with Gasteiger partial charge in [-0.05, 0) is 55.2 Å². The molecule has 0 spiro atoms. The van der Waals surface area contributed by atoms with Gasteiger partial charge in [0.2, 0.25) is 5.91 Å². The van der Waals surface area contributed by atoms with E-state index in [4.69, 9.17) is 21.1 Å². The van der Waals surface area contributed by atoms with Gasteiger partial charge in [0, 0.05) is 11.4 Å². The van der Waals surface area contributed by atoms with Crippen LogP contribution in [0.1, 0.15) is 24.8 Å². The molecule has 1 amide bonds. The fourth-order valence-electron chi connectivity index (χ4n) is 2.78. The molecule has 0 fully saturated rings. The summed E-state index contributed by atoms with van der Waals surface area (Å²) in [5.41, 5.74) is 2.00. The van der Waals surface area contributed by atoms with E-state index in [0.717, 1.165) is 46.5 Å². The van der Waals surface area contributed by atoms with Crippen molar-refractivity contribution in [1.82, 2.24) is 4.98 Å². The topological polar surface area (TPSA) is 60.5 Å². The highest BCUT2D eigenvalue weighted by atomic mass is 35.5. The zero-order valence-electron chi connectivity index (χ0n) is 15.3. The normalized spacial score (nSPS) is 10.8. The minimum absolute atomic E-state index is 0.0209. The summed E-state index contributed by atoms with van der Waals surface area (Å²) in [5.74, 6) is 1.42. The largest absolute Gasteiger partial charge is 0.493 e. The molecule has 0 aliphatic rings. The Balaban J connectivity index is 1.46. The van der Waals surface area contributed by atoms with Crippen LogP contribution in [-0.2, 0) is 11.2 Å². The molecule has 5 nitrogen and oxygen atoms in total. The lowest BCUT2D eigenvalue weighted by molar-refractivity contribution is -0.116. The van der Waals surface area contributed by atoms with E-state index in [1.807, 2.05) is 30.3 Å². The third kappa shape index (κ3) is 5.11. The lowest BCUT2D eigenvalue weighted by atomic mass is 10.1. The molecular formula is C20H21ClN2O3S. The number of fused-ring (bicyclic) bond motifs is 1. The number of nitrogens with zero attached hydrogens (tertiary/aromatic N) is 1. The van der Waals surface area contributed by atoms with Crippen molar-refractivity contribution in [2.24, 2.45) is 0 Å². The molecule has 0 bridgehead atoms. The number of amides is 1. The van der Waals surface area contributed by atoms with Gasteiger partial charge in [-0.15, -0.1) is 0 Å². The zero-order valence-corrected chi connectivity index (χ0v) is 16.8. The van der Waals surface area contributed by atoms with Crippen LogP contribution < -0.4 is 14.8 Å². The van der Waals surface area contributed by atoms with Crippen molar-refractivity contribution in [3.63, 3.8) is 0 Å². The maximum atomic E-state index is 12.1. The first-order chi connectivity index (χ1) is 13.1. The fourth-order valence-corrected chi connectivity index (χ4v) is 3.94. The zero-order chi connectivity index (χ0) is 19.2. The maximum Gasteiger partial charge on any atom is 0.226 e. The number of unbranched alkanes of at least 4 members (excludes halogenated alkanes) is 1. The number of rotatable bonds is 8. The summed E-state index contributed by atoms with van der Waals surface area (Å²) in [6, 6.07) is 11.4. The summed E-state index contributed by atoms with van der Waals surface area (Å²) in [6.07, 6.45) is 3.06. The van der Waals surface area contributed by atoms with Crippen LogP contribution in [-0.4, -0.2) is 25.1 Å². The van der Waals surface area contributed by atoms with Crippen LogP contribution in [0.2, 0.25) is 5.02 Å². The number of anilines is 1. The van der Waals surface area contributed by atoms with Crippen LogP contribution in [0, 0.1) is 0 Å². The van der Waals surface area contributed by atoms with E-state index >= 15 is 0 Å². The first-order valence-corrected chi connectivity index (χ1v) is 9.85. The van der Waals surface area contributed by atoms with Crippen LogP contribution in [0.4, 0.5) is 5.13 Å². The molecule has 7 heteroatoms. The van der Waals surface area contributed by atoms with Gasteiger partial charge in [0.1, 0.15) is 0 Å². The smallest absolute Gasteiger partial charge is 0.226 e. The van der Waals surface area contributed by atoms with Crippen molar-refractivity contribution in [3.8, 4) is 11.5 Å². The van der Waals surface area contributed by atoms with Crippen molar-refractivity contribution in [2.45, 2.75) is 25.7 Å². The van der Waals surface area contributed by atoms with Crippen LogP contribution in [0.25, 0.3) is 10.2 Å². The Morgan fingerprint density at radius 2 is 1.93 bits per heavy atom. The predicted octanol–water partition coefficient (Wildman–Crippen LogP) is 5.32. The number of methoxy groups -OCH3 is 2. The van der Waals surface area contributed by atoms with Gasteiger partial charge in [0.25, 0.3) is 0 Å². The second-order valence-electron chi connectivity index (χ2n) is 6.08. The summed E-state index contributed by atoms with van der Waals surface area (Å²) in [4.78, 5) is 16.6. The number of aryl methyl sites for hydroxylation is 1. The van der Waals surface area contributed by atoms with E-state index in [2.05, 4.69) is 10.3 Å². The van der Waals surface area contributed by atoms with E-state index in [-0.39, 0.29) is 5.91 Å². The Morgan fingerprint density at radius 1 is 1.11 bits per heavy atom. The molecule has 0 unspecified atom stereocenters. The number of hydrogen-bond donors (Lipinski definition) is 1. The number of thiazole rings is 1. The number of aromatic nitrogens is 1. The quantitative estimate of drug-likeness (QED) is 0.516. The summed E-state index contributed by atoms with van der Waals surface area (Å²) in [7, 11) is 3.25. The molecule has 142 valence electrons.